The molecule has 34 heavy (non-hydrogen) atoms. The van der Waals surface area contributed by atoms with Crippen LogP contribution >= 0.6 is 22.7 Å². The Morgan fingerprint density at radius 2 is 1.74 bits per heavy atom. The molecule has 0 amide bonds. The number of carbonyl (C=O) groups excluding carboxylic acids is 1. The topological polar surface area (TPSA) is 41.1 Å². The van der Waals surface area contributed by atoms with Crippen LogP contribution in [0.5, 0.6) is 0 Å². The molecule has 0 saturated heterocycles. The summed E-state index contributed by atoms with van der Waals surface area (Å²) in [5, 5.41) is 10.5. The average Bonchev–Trinajstić information content (AvgIpc) is 3.49. The molecule has 0 aliphatic rings. The number of hydrogen-bond donors (Lipinski definition) is 2. The smallest absolute Gasteiger partial charge is 0.179 e. The molecule has 2 unspecified atom stereocenters. The lowest BCUT2D eigenvalue weighted by atomic mass is 9.99. The standard InChI is InChI=1S/C27H28F2N2OS2/c1-3-30-23(8-10-28)27(32)20-5-7-26-21(13-20)14-22(34-26)16-31-24(15-29)17(2)18-4-6-25-19(12-18)9-11-33-25/h4-7,9,11-14,23-24,30-31H,2-3,8,10,15-16H2,1H3. The first-order valence-corrected chi connectivity index (χ1v) is 13.1. The Hall–Kier alpha value is -2.45. The predicted molar refractivity (Wildman–Crippen MR) is 142 cm³/mol. The third kappa shape index (κ3) is 5.44. The van der Waals surface area contributed by atoms with Gasteiger partial charge in [0.05, 0.1) is 18.8 Å². The molecule has 2 heterocycles. The minimum Gasteiger partial charge on any atom is -0.307 e. The van der Waals surface area contributed by atoms with Gasteiger partial charge in [0.1, 0.15) is 6.67 Å². The number of halogens is 2. The van der Waals surface area contributed by atoms with E-state index in [2.05, 4.69) is 35.4 Å². The summed E-state index contributed by atoms with van der Waals surface area (Å²) >= 11 is 3.29. The number of thiophene rings is 2. The van der Waals surface area contributed by atoms with E-state index in [-0.39, 0.29) is 12.2 Å². The largest absolute Gasteiger partial charge is 0.307 e. The van der Waals surface area contributed by atoms with Gasteiger partial charge in [0, 0.05) is 26.4 Å². The highest BCUT2D eigenvalue weighted by Crippen LogP contribution is 2.29. The van der Waals surface area contributed by atoms with Gasteiger partial charge in [0.2, 0.25) is 0 Å². The quantitative estimate of drug-likeness (QED) is 0.212. The number of benzene rings is 2. The number of rotatable bonds is 12. The predicted octanol–water partition coefficient (Wildman–Crippen LogP) is 6.78. The van der Waals surface area contributed by atoms with Crippen LogP contribution < -0.4 is 10.6 Å². The van der Waals surface area contributed by atoms with Gasteiger partial charge in [-0.1, -0.05) is 19.6 Å². The Labute approximate surface area is 206 Å². The van der Waals surface area contributed by atoms with Gasteiger partial charge in [-0.05, 0) is 82.7 Å². The number of nitrogens with one attached hydrogen (secondary N) is 2. The Balaban J connectivity index is 1.46. The lowest BCUT2D eigenvalue weighted by Gasteiger charge is -2.18. The molecule has 4 rings (SSSR count). The van der Waals surface area contributed by atoms with Crippen LogP contribution in [-0.2, 0) is 6.54 Å². The number of ketones is 1. The first-order valence-electron chi connectivity index (χ1n) is 11.4. The summed E-state index contributed by atoms with van der Waals surface area (Å²) in [7, 11) is 0. The van der Waals surface area contributed by atoms with Crippen LogP contribution in [-0.4, -0.2) is 37.8 Å². The molecule has 0 bridgehead atoms. The van der Waals surface area contributed by atoms with Crippen molar-refractivity contribution in [3.8, 4) is 0 Å². The Kier molecular flexibility index (Phi) is 8.21. The lowest BCUT2D eigenvalue weighted by molar-refractivity contribution is 0.0934. The van der Waals surface area contributed by atoms with Crippen molar-refractivity contribution in [2.45, 2.75) is 32.0 Å². The summed E-state index contributed by atoms with van der Waals surface area (Å²) in [6.07, 6.45) is 0.164. The molecule has 2 atom stereocenters. The van der Waals surface area contributed by atoms with Crippen LogP contribution in [0.2, 0.25) is 0 Å². The van der Waals surface area contributed by atoms with Crippen molar-refractivity contribution in [1.29, 1.82) is 0 Å². The zero-order valence-electron chi connectivity index (χ0n) is 19.1. The third-order valence-electron chi connectivity index (χ3n) is 5.94. The Bertz CT molecular complexity index is 1290. The van der Waals surface area contributed by atoms with E-state index in [0.717, 1.165) is 31.5 Å². The van der Waals surface area contributed by atoms with Crippen LogP contribution in [0.4, 0.5) is 8.78 Å². The molecular formula is C27H28F2N2OS2. The van der Waals surface area contributed by atoms with E-state index in [0.29, 0.717) is 18.7 Å². The summed E-state index contributed by atoms with van der Waals surface area (Å²) in [4.78, 5) is 13.9. The van der Waals surface area contributed by atoms with Crippen molar-refractivity contribution >= 4 is 54.2 Å². The maximum Gasteiger partial charge on any atom is 0.179 e. The van der Waals surface area contributed by atoms with Crippen LogP contribution in [0, 0.1) is 0 Å². The first-order chi connectivity index (χ1) is 16.5. The third-order valence-corrected chi connectivity index (χ3v) is 7.95. The van der Waals surface area contributed by atoms with Gasteiger partial charge in [-0.3, -0.25) is 9.18 Å². The number of Topliss-reactive ketones (excluding diaryl/α,β-unsaturated/α-hetero) is 1. The second-order valence-electron chi connectivity index (χ2n) is 8.20. The van der Waals surface area contributed by atoms with Crippen LogP contribution in [0.3, 0.4) is 0 Å². The molecular weight excluding hydrogens is 470 g/mol. The molecule has 0 aliphatic heterocycles. The van der Waals surface area contributed by atoms with Crippen LogP contribution in [0.15, 0.2) is 60.5 Å². The SMILES string of the molecule is C=C(c1ccc2sccc2c1)C(CF)NCc1cc2cc(C(=O)C(CCF)NCC)ccc2s1. The Morgan fingerprint density at radius 1 is 0.971 bits per heavy atom. The molecule has 3 nitrogen and oxygen atoms in total. The normalized spacial score (nSPS) is 13.4. The second-order valence-corrected chi connectivity index (χ2v) is 10.3. The van der Waals surface area contributed by atoms with E-state index in [1.807, 2.05) is 36.6 Å². The average molecular weight is 499 g/mol. The fraction of sp³-hybridized carbons (Fsp3) is 0.296. The summed E-state index contributed by atoms with van der Waals surface area (Å²) < 4.78 is 29.0. The van der Waals surface area contributed by atoms with Gasteiger partial charge in [-0.25, -0.2) is 4.39 Å². The minimum atomic E-state index is -0.551. The summed E-state index contributed by atoms with van der Waals surface area (Å²) in [5.41, 5.74) is 2.24. The number of carbonyl (C=O) groups is 1. The molecule has 0 aliphatic carbocycles. The second kappa shape index (κ2) is 11.3. The van der Waals surface area contributed by atoms with Gasteiger partial charge in [0.25, 0.3) is 0 Å². The highest BCUT2D eigenvalue weighted by Gasteiger charge is 2.20. The van der Waals surface area contributed by atoms with Crippen molar-refractivity contribution in [1.82, 2.24) is 10.6 Å². The maximum atomic E-state index is 13.9. The minimum absolute atomic E-state index is 0.0938. The zero-order valence-corrected chi connectivity index (χ0v) is 20.7. The highest BCUT2D eigenvalue weighted by molar-refractivity contribution is 7.19. The van der Waals surface area contributed by atoms with Crippen molar-refractivity contribution < 1.29 is 13.6 Å². The van der Waals surface area contributed by atoms with E-state index in [4.69, 9.17) is 0 Å². The molecule has 0 radical (unpaired) electrons. The number of fused-ring (bicyclic) bond motifs is 2. The van der Waals surface area contributed by atoms with E-state index >= 15 is 0 Å². The number of alkyl halides is 2. The summed E-state index contributed by atoms with van der Waals surface area (Å²) in [6.45, 7) is 6.07. The van der Waals surface area contributed by atoms with E-state index in [1.165, 1.54) is 4.70 Å². The van der Waals surface area contributed by atoms with Gasteiger partial charge in [-0.15, -0.1) is 22.7 Å². The van der Waals surface area contributed by atoms with Crippen molar-refractivity contribution in [3.63, 3.8) is 0 Å². The van der Waals surface area contributed by atoms with Crippen LogP contribution in [0.25, 0.3) is 25.7 Å². The van der Waals surface area contributed by atoms with Gasteiger partial charge >= 0.3 is 0 Å². The molecule has 0 saturated carbocycles. The van der Waals surface area contributed by atoms with Gasteiger partial charge in [-0.2, -0.15) is 0 Å². The molecule has 4 aromatic rings. The summed E-state index contributed by atoms with van der Waals surface area (Å²) in [6, 6.07) is 14.8. The van der Waals surface area contributed by atoms with E-state index in [9.17, 15) is 13.6 Å². The lowest BCUT2D eigenvalue weighted by Crippen LogP contribution is -2.37. The van der Waals surface area contributed by atoms with E-state index < -0.39 is 25.4 Å². The van der Waals surface area contributed by atoms with Crippen LogP contribution in [0.1, 0.15) is 34.1 Å². The molecule has 2 N–H and O–H groups in total. The van der Waals surface area contributed by atoms with Crippen molar-refractivity contribution in [2.75, 3.05) is 19.9 Å². The highest BCUT2D eigenvalue weighted by atomic mass is 32.1. The molecule has 0 fully saturated rings. The molecule has 7 heteroatoms. The molecule has 2 aromatic heterocycles. The molecule has 178 valence electrons. The van der Waals surface area contributed by atoms with Gasteiger partial charge < -0.3 is 10.6 Å². The fourth-order valence-electron chi connectivity index (χ4n) is 4.08. The van der Waals surface area contributed by atoms with E-state index in [1.54, 1.807) is 28.7 Å². The van der Waals surface area contributed by atoms with Crippen molar-refractivity contribution in [2.24, 2.45) is 0 Å². The molecule has 2 aromatic carbocycles. The first kappa shape index (κ1) is 24.7. The van der Waals surface area contributed by atoms with Gasteiger partial charge in [0.15, 0.2) is 5.78 Å². The Morgan fingerprint density at radius 3 is 2.50 bits per heavy atom. The number of likely N-dealkylation sites (N-methyl/N-ethyl adjacent to an activating group) is 1. The molecule has 0 spiro atoms. The van der Waals surface area contributed by atoms with Crippen molar-refractivity contribution in [3.05, 3.63) is 76.5 Å². The monoisotopic (exact) mass is 498 g/mol. The number of hydrogen-bond acceptors (Lipinski definition) is 5. The summed E-state index contributed by atoms with van der Waals surface area (Å²) in [5.74, 6) is -0.0938. The maximum absolute atomic E-state index is 13.9. The fourth-order valence-corrected chi connectivity index (χ4v) is 5.85. The zero-order chi connectivity index (χ0) is 24.1.